The normalized spacial score (nSPS) is 12.2. The van der Waals surface area contributed by atoms with Crippen LogP contribution in [0.4, 0.5) is 10.8 Å². The molecule has 1 aliphatic heterocycles. The van der Waals surface area contributed by atoms with Crippen molar-refractivity contribution in [3.8, 4) is 17.2 Å². The van der Waals surface area contributed by atoms with Gasteiger partial charge in [-0.3, -0.25) is 14.5 Å². The molecule has 0 saturated carbocycles. The molecule has 10 heteroatoms. The van der Waals surface area contributed by atoms with Gasteiger partial charge in [0.2, 0.25) is 5.91 Å². The molecule has 2 heterocycles. The molecule has 0 spiro atoms. The average Bonchev–Trinajstić information content (AvgIpc) is 3.26. The van der Waals surface area contributed by atoms with Gasteiger partial charge < -0.3 is 18.9 Å². The van der Waals surface area contributed by atoms with Crippen molar-refractivity contribution in [2.75, 3.05) is 25.2 Å². The minimum absolute atomic E-state index is 0.0220. The first-order chi connectivity index (χ1) is 16.0. The Kier molecular flexibility index (Phi) is 7.00. The number of hydrogen-bond acceptors (Lipinski definition) is 8. The summed E-state index contributed by atoms with van der Waals surface area (Å²) in [4.78, 5) is 30.7. The molecule has 0 saturated heterocycles. The van der Waals surface area contributed by atoms with Crippen molar-refractivity contribution < 1.29 is 28.5 Å². The Hall–Kier alpha value is -3.30. The number of nitrogens with zero attached hydrogens (tertiary/aromatic N) is 2. The minimum atomic E-state index is -0.439. The first-order valence-corrected chi connectivity index (χ1v) is 11.3. The molecule has 2 aromatic carbocycles. The van der Waals surface area contributed by atoms with E-state index in [0.29, 0.717) is 57.6 Å². The Labute approximate surface area is 199 Å². The summed E-state index contributed by atoms with van der Waals surface area (Å²) in [5, 5.41) is 2.59. The van der Waals surface area contributed by atoms with Crippen LogP contribution in [0.2, 0.25) is 5.02 Å². The number of amides is 1. The number of methoxy groups -OCH3 is 1. The van der Waals surface area contributed by atoms with E-state index in [-0.39, 0.29) is 18.9 Å². The standard InChI is InChI=1S/C23H21ClN2O6S/c1-14(27)26(18-5-3-4-6-19(18)29-2)23-25-16(13-33-23)12-32-21(28)11-15-9-17(24)22-20(10-15)30-7-8-31-22/h3-6,9-10,13H,7-8,11-12H2,1-2H3. The monoisotopic (exact) mass is 488 g/mol. The maximum Gasteiger partial charge on any atom is 0.310 e. The van der Waals surface area contributed by atoms with Crippen LogP contribution < -0.4 is 19.1 Å². The van der Waals surface area contributed by atoms with Crippen LogP contribution in [-0.4, -0.2) is 37.2 Å². The number of aromatic nitrogens is 1. The summed E-state index contributed by atoms with van der Waals surface area (Å²) in [6.45, 7) is 2.29. The van der Waals surface area contributed by atoms with Gasteiger partial charge in [0.1, 0.15) is 25.6 Å². The van der Waals surface area contributed by atoms with E-state index in [0.717, 1.165) is 0 Å². The van der Waals surface area contributed by atoms with E-state index in [1.807, 2.05) is 12.1 Å². The second kappa shape index (κ2) is 10.1. The highest BCUT2D eigenvalue weighted by Crippen LogP contribution is 2.38. The second-order valence-corrected chi connectivity index (χ2v) is 8.33. The molecule has 1 aliphatic rings. The fourth-order valence-electron chi connectivity index (χ4n) is 3.33. The SMILES string of the molecule is COc1ccccc1N(C(C)=O)c1nc(COC(=O)Cc2cc(Cl)c3c(c2)OCCO3)cs1. The lowest BCUT2D eigenvalue weighted by Crippen LogP contribution is -2.23. The molecule has 0 atom stereocenters. The smallest absolute Gasteiger partial charge is 0.310 e. The van der Waals surface area contributed by atoms with Crippen LogP contribution in [0.15, 0.2) is 41.8 Å². The van der Waals surface area contributed by atoms with Gasteiger partial charge in [0.05, 0.1) is 29.9 Å². The number of fused-ring (bicyclic) bond motifs is 1. The van der Waals surface area contributed by atoms with Gasteiger partial charge in [-0.1, -0.05) is 23.7 Å². The molecule has 8 nitrogen and oxygen atoms in total. The molecule has 0 aliphatic carbocycles. The molecule has 3 aromatic rings. The van der Waals surface area contributed by atoms with Gasteiger partial charge in [-0.15, -0.1) is 11.3 Å². The van der Waals surface area contributed by atoms with Crippen molar-refractivity contribution in [3.05, 3.63) is 58.1 Å². The number of rotatable bonds is 7. The Bertz CT molecular complexity index is 1180. The zero-order chi connectivity index (χ0) is 23.4. The van der Waals surface area contributed by atoms with Gasteiger partial charge in [-0.2, -0.15) is 0 Å². The molecular weight excluding hydrogens is 468 g/mol. The summed E-state index contributed by atoms with van der Waals surface area (Å²) in [7, 11) is 1.54. The number of benzene rings is 2. The van der Waals surface area contributed by atoms with Gasteiger partial charge in [0.15, 0.2) is 16.6 Å². The Balaban J connectivity index is 1.42. The maximum absolute atomic E-state index is 12.4. The molecule has 0 N–H and O–H groups in total. The molecule has 0 radical (unpaired) electrons. The zero-order valence-corrected chi connectivity index (χ0v) is 19.6. The number of anilines is 2. The van der Waals surface area contributed by atoms with E-state index in [2.05, 4.69) is 4.98 Å². The van der Waals surface area contributed by atoms with Gasteiger partial charge in [-0.25, -0.2) is 4.98 Å². The van der Waals surface area contributed by atoms with Crippen LogP contribution in [0.5, 0.6) is 17.2 Å². The lowest BCUT2D eigenvalue weighted by Gasteiger charge is -2.20. The zero-order valence-electron chi connectivity index (χ0n) is 18.0. The van der Waals surface area contributed by atoms with Crippen molar-refractivity contribution in [2.45, 2.75) is 20.0 Å². The number of carbonyl (C=O) groups is 2. The number of carbonyl (C=O) groups excluding carboxylic acids is 2. The van der Waals surface area contributed by atoms with Crippen molar-refractivity contribution >= 4 is 45.6 Å². The predicted octanol–water partition coefficient (Wildman–Crippen LogP) is 4.55. The topological polar surface area (TPSA) is 87.2 Å². The fraction of sp³-hybridized carbons (Fsp3) is 0.261. The Morgan fingerprint density at radius 2 is 2.00 bits per heavy atom. The Morgan fingerprint density at radius 1 is 1.21 bits per heavy atom. The van der Waals surface area contributed by atoms with Crippen LogP contribution in [0.25, 0.3) is 0 Å². The number of thiazole rings is 1. The van der Waals surface area contributed by atoms with Crippen LogP contribution in [0, 0.1) is 0 Å². The van der Waals surface area contributed by atoms with Gasteiger partial charge in [0.25, 0.3) is 0 Å². The van der Waals surface area contributed by atoms with Gasteiger partial charge in [0, 0.05) is 12.3 Å². The van der Waals surface area contributed by atoms with E-state index in [9.17, 15) is 9.59 Å². The highest BCUT2D eigenvalue weighted by Gasteiger charge is 2.22. The number of ether oxygens (including phenoxy) is 4. The third kappa shape index (κ3) is 5.20. The van der Waals surface area contributed by atoms with E-state index in [1.54, 1.807) is 36.8 Å². The highest BCUT2D eigenvalue weighted by molar-refractivity contribution is 7.14. The minimum Gasteiger partial charge on any atom is -0.495 e. The molecular formula is C23H21ClN2O6S. The molecule has 1 aromatic heterocycles. The van der Waals surface area contributed by atoms with Crippen LogP contribution in [0.3, 0.4) is 0 Å². The van der Waals surface area contributed by atoms with E-state index < -0.39 is 5.97 Å². The summed E-state index contributed by atoms with van der Waals surface area (Å²) in [5.41, 5.74) is 1.78. The predicted molar refractivity (Wildman–Crippen MR) is 124 cm³/mol. The Morgan fingerprint density at radius 3 is 2.79 bits per heavy atom. The largest absolute Gasteiger partial charge is 0.495 e. The van der Waals surface area contributed by atoms with Crippen LogP contribution in [0.1, 0.15) is 18.2 Å². The molecule has 0 unspecified atom stereocenters. The molecule has 0 fully saturated rings. The highest BCUT2D eigenvalue weighted by atomic mass is 35.5. The number of para-hydroxylation sites is 2. The summed E-state index contributed by atoms with van der Waals surface area (Å²) < 4.78 is 21.8. The first-order valence-electron chi connectivity index (χ1n) is 10.1. The summed E-state index contributed by atoms with van der Waals surface area (Å²) in [5.74, 6) is 0.897. The van der Waals surface area contributed by atoms with Crippen LogP contribution >= 0.6 is 22.9 Å². The molecule has 172 valence electrons. The fourth-order valence-corrected chi connectivity index (χ4v) is 4.48. The number of hydrogen-bond donors (Lipinski definition) is 0. The van der Waals surface area contributed by atoms with Crippen molar-refractivity contribution in [1.29, 1.82) is 0 Å². The van der Waals surface area contributed by atoms with E-state index >= 15 is 0 Å². The molecule has 1 amide bonds. The first kappa shape index (κ1) is 22.9. The quantitative estimate of drug-likeness (QED) is 0.451. The lowest BCUT2D eigenvalue weighted by molar-refractivity contribution is -0.144. The van der Waals surface area contributed by atoms with Gasteiger partial charge in [-0.05, 0) is 29.8 Å². The van der Waals surface area contributed by atoms with Gasteiger partial charge >= 0.3 is 5.97 Å². The van der Waals surface area contributed by atoms with Crippen molar-refractivity contribution in [1.82, 2.24) is 4.98 Å². The van der Waals surface area contributed by atoms with Crippen molar-refractivity contribution in [3.63, 3.8) is 0 Å². The number of esters is 1. The third-order valence-corrected chi connectivity index (χ3v) is 5.91. The van der Waals surface area contributed by atoms with E-state index in [1.165, 1.54) is 23.2 Å². The second-order valence-electron chi connectivity index (χ2n) is 7.09. The maximum atomic E-state index is 12.4. The summed E-state index contributed by atoms with van der Waals surface area (Å²) in [6, 6.07) is 10.6. The average molecular weight is 489 g/mol. The molecule has 0 bridgehead atoms. The van der Waals surface area contributed by atoms with Crippen LogP contribution in [-0.2, 0) is 27.4 Å². The summed E-state index contributed by atoms with van der Waals surface area (Å²) in [6.07, 6.45) is 0.0220. The van der Waals surface area contributed by atoms with E-state index in [4.69, 9.17) is 30.5 Å². The van der Waals surface area contributed by atoms with Crippen molar-refractivity contribution in [2.24, 2.45) is 0 Å². The molecule has 4 rings (SSSR count). The third-order valence-electron chi connectivity index (χ3n) is 4.76. The number of halogens is 1. The summed E-state index contributed by atoms with van der Waals surface area (Å²) >= 11 is 7.50. The molecule has 33 heavy (non-hydrogen) atoms. The lowest BCUT2D eigenvalue weighted by atomic mass is 10.1.